The van der Waals surface area contributed by atoms with Crippen molar-refractivity contribution in [2.75, 3.05) is 25.1 Å². The Balaban J connectivity index is 1.21. The number of imide groups is 1. The number of hydrogen-bond acceptors (Lipinski definition) is 6. The number of thioether (sulfide) groups is 1. The molecule has 0 spiro atoms. The number of nitrogens with zero attached hydrogens (tertiary/aromatic N) is 1. The van der Waals surface area contributed by atoms with Crippen molar-refractivity contribution < 1.29 is 19.1 Å². The van der Waals surface area contributed by atoms with Crippen LogP contribution in [0.3, 0.4) is 0 Å². The van der Waals surface area contributed by atoms with Crippen molar-refractivity contribution in [3.63, 3.8) is 0 Å². The number of ether oxygens (including phenoxy) is 2. The molecule has 0 aliphatic carbocycles. The Hall–Kier alpha value is -3.19. The summed E-state index contributed by atoms with van der Waals surface area (Å²) in [6, 6.07) is 20.2. The number of likely N-dealkylation sites (N-methyl/N-ethyl adjacent to an activating group) is 1. The number of anilines is 1. The third-order valence-corrected chi connectivity index (χ3v) is 6.54. The van der Waals surface area contributed by atoms with Crippen LogP contribution < -0.4 is 19.7 Å². The van der Waals surface area contributed by atoms with Crippen LogP contribution in [0.4, 0.5) is 10.5 Å². The highest BCUT2D eigenvalue weighted by molar-refractivity contribution is 8.15. The minimum Gasteiger partial charge on any atom is -0.490 e. The smallest absolute Gasteiger partial charge is 0.286 e. The SMILES string of the molecule is CN1CC(COc2ccc(CC3SC(=O)NC3=O)cc2)Oc2cc3ccccc3cc21. The first-order valence-corrected chi connectivity index (χ1v) is 11.1. The summed E-state index contributed by atoms with van der Waals surface area (Å²) >= 11 is 1.04. The molecule has 2 aliphatic rings. The molecule has 2 amide bonds. The second-order valence-electron chi connectivity index (χ2n) is 7.83. The van der Waals surface area contributed by atoms with Crippen LogP contribution in [0.15, 0.2) is 60.7 Å². The van der Waals surface area contributed by atoms with Crippen molar-refractivity contribution >= 4 is 39.4 Å². The summed E-state index contributed by atoms with van der Waals surface area (Å²) in [6.45, 7) is 1.18. The Morgan fingerprint density at radius 2 is 1.84 bits per heavy atom. The Morgan fingerprint density at radius 3 is 2.55 bits per heavy atom. The van der Waals surface area contributed by atoms with Crippen LogP contribution in [0.25, 0.3) is 10.8 Å². The molecule has 3 aromatic rings. The van der Waals surface area contributed by atoms with Gasteiger partial charge in [-0.25, -0.2) is 0 Å². The highest BCUT2D eigenvalue weighted by Crippen LogP contribution is 2.36. The molecule has 6 nitrogen and oxygen atoms in total. The fourth-order valence-electron chi connectivity index (χ4n) is 3.96. The lowest BCUT2D eigenvalue weighted by Crippen LogP contribution is -2.41. The predicted octanol–water partition coefficient (Wildman–Crippen LogP) is 4.01. The van der Waals surface area contributed by atoms with Gasteiger partial charge >= 0.3 is 0 Å². The molecule has 0 radical (unpaired) electrons. The first kappa shape index (κ1) is 19.8. The summed E-state index contributed by atoms with van der Waals surface area (Å²) < 4.78 is 12.2. The summed E-state index contributed by atoms with van der Waals surface area (Å²) in [5.74, 6) is 1.40. The van der Waals surface area contributed by atoms with Crippen molar-refractivity contribution in [3.05, 3.63) is 66.2 Å². The van der Waals surface area contributed by atoms with E-state index in [1.54, 1.807) is 0 Å². The minimum absolute atomic E-state index is 0.0806. The van der Waals surface area contributed by atoms with Crippen molar-refractivity contribution in [2.24, 2.45) is 0 Å². The lowest BCUT2D eigenvalue weighted by atomic mass is 10.1. The van der Waals surface area contributed by atoms with Crippen LogP contribution >= 0.6 is 11.8 Å². The van der Waals surface area contributed by atoms with Gasteiger partial charge in [0.1, 0.15) is 24.2 Å². The molecule has 0 saturated carbocycles. The molecule has 5 rings (SSSR count). The topological polar surface area (TPSA) is 67.9 Å². The van der Waals surface area contributed by atoms with Gasteiger partial charge in [-0.05, 0) is 47.0 Å². The first-order valence-electron chi connectivity index (χ1n) is 10.2. The number of rotatable bonds is 5. The van der Waals surface area contributed by atoms with Gasteiger partial charge in [-0.3, -0.25) is 14.9 Å². The number of benzene rings is 3. The van der Waals surface area contributed by atoms with E-state index in [-0.39, 0.29) is 22.5 Å². The van der Waals surface area contributed by atoms with E-state index in [1.165, 1.54) is 5.39 Å². The quantitative estimate of drug-likeness (QED) is 0.655. The van der Waals surface area contributed by atoms with Crippen molar-refractivity contribution in [3.8, 4) is 11.5 Å². The van der Waals surface area contributed by atoms with Gasteiger partial charge in [-0.15, -0.1) is 0 Å². The standard InChI is InChI=1S/C24H22N2O4S/c1-26-13-19(30-21-12-17-5-3-2-4-16(17)11-20(21)26)14-29-18-8-6-15(7-9-18)10-22-23(27)25-24(28)31-22/h2-9,11-12,19,22H,10,13-14H2,1H3,(H,25,27,28). The predicted molar refractivity (Wildman–Crippen MR) is 122 cm³/mol. The van der Waals surface area contributed by atoms with Gasteiger partial charge in [0.25, 0.3) is 5.24 Å². The number of carbonyl (C=O) groups excluding carboxylic acids is 2. The molecule has 1 saturated heterocycles. The van der Waals surface area contributed by atoms with Gasteiger partial charge < -0.3 is 14.4 Å². The number of carbonyl (C=O) groups is 2. The first-order chi connectivity index (χ1) is 15.0. The van der Waals surface area contributed by atoms with Gasteiger partial charge in [-0.2, -0.15) is 0 Å². The number of amides is 2. The van der Waals surface area contributed by atoms with E-state index in [4.69, 9.17) is 9.47 Å². The van der Waals surface area contributed by atoms with Crippen LogP contribution in [0.2, 0.25) is 0 Å². The lowest BCUT2D eigenvalue weighted by molar-refractivity contribution is -0.118. The Bertz CT molecular complexity index is 1150. The van der Waals surface area contributed by atoms with E-state index in [9.17, 15) is 9.59 Å². The molecule has 2 atom stereocenters. The molecule has 1 N–H and O–H groups in total. The summed E-state index contributed by atoms with van der Waals surface area (Å²) in [6.07, 6.45) is 0.437. The summed E-state index contributed by atoms with van der Waals surface area (Å²) in [5, 5.41) is 4.04. The number of nitrogens with one attached hydrogen (secondary N) is 1. The molecule has 2 aliphatic heterocycles. The molecule has 0 aromatic heterocycles. The lowest BCUT2D eigenvalue weighted by Gasteiger charge is -2.34. The van der Waals surface area contributed by atoms with E-state index in [0.717, 1.165) is 46.4 Å². The summed E-state index contributed by atoms with van der Waals surface area (Å²) in [4.78, 5) is 25.2. The Labute approximate surface area is 184 Å². The second kappa shape index (κ2) is 8.15. The van der Waals surface area contributed by atoms with Gasteiger partial charge in [0.15, 0.2) is 0 Å². The van der Waals surface area contributed by atoms with E-state index in [0.29, 0.717) is 13.0 Å². The average Bonchev–Trinajstić information content (AvgIpc) is 3.08. The number of fused-ring (bicyclic) bond motifs is 2. The van der Waals surface area contributed by atoms with E-state index in [2.05, 4.69) is 41.5 Å². The third-order valence-electron chi connectivity index (χ3n) is 5.56. The molecule has 3 aromatic carbocycles. The number of hydrogen-bond donors (Lipinski definition) is 1. The van der Waals surface area contributed by atoms with E-state index >= 15 is 0 Å². The molecule has 0 bridgehead atoms. The van der Waals surface area contributed by atoms with Gasteiger partial charge in [0.05, 0.1) is 17.5 Å². The molecule has 7 heteroatoms. The van der Waals surface area contributed by atoms with Crippen LogP contribution in [0.5, 0.6) is 11.5 Å². The van der Waals surface area contributed by atoms with Crippen molar-refractivity contribution in [1.29, 1.82) is 0 Å². The van der Waals surface area contributed by atoms with Crippen LogP contribution in [-0.2, 0) is 11.2 Å². The summed E-state index contributed by atoms with van der Waals surface area (Å²) in [7, 11) is 2.07. The Kier molecular flexibility index (Phi) is 5.19. The molecular weight excluding hydrogens is 412 g/mol. The molecule has 158 valence electrons. The van der Waals surface area contributed by atoms with E-state index in [1.807, 2.05) is 36.4 Å². The maximum absolute atomic E-state index is 11.7. The van der Waals surface area contributed by atoms with Crippen LogP contribution in [0, 0.1) is 0 Å². The largest absolute Gasteiger partial charge is 0.490 e. The normalized spacial score (nSPS) is 20.4. The fourth-order valence-corrected chi connectivity index (χ4v) is 4.82. The maximum atomic E-state index is 11.7. The zero-order chi connectivity index (χ0) is 21.4. The van der Waals surface area contributed by atoms with E-state index < -0.39 is 0 Å². The third kappa shape index (κ3) is 4.18. The molecule has 31 heavy (non-hydrogen) atoms. The maximum Gasteiger partial charge on any atom is 0.286 e. The second-order valence-corrected chi connectivity index (χ2v) is 9.01. The van der Waals surface area contributed by atoms with Gasteiger partial charge in [0.2, 0.25) is 5.91 Å². The van der Waals surface area contributed by atoms with Crippen LogP contribution in [0.1, 0.15) is 5.56 Å². The van der Waals surface area contributed by atoms with Crippen LogP contribution in [-0.4, -0.2) is 42.7 Å². The fraction of sp³-hybridized carbons (Fsp3) is 0.250. The molecular formula is C24H22N2O4S. The monoisotopic (exact) mass is 434 g/mol. The van der Waals surface area contributed by atoms with Gasteiger partial charge in [0, 0.05) is 7.05 Å². The zero-order valence-corrected chi connectivity index (χ0v) is 17.9. The molecule has 2 heterocycles. The minimum atomic E-state index is -0.360. The average molecular weight is 435 g/mol. The molecule has 2 unspecified atom stereocenters. The Morgan fingerprint density at radius 1 is 1.10 bits per heavy atom. The zero-order valence-electron chi connectivity index (χ0n) is 17.0. The van der Waals surface area contributed by atoms with Crippen molar-refractivity contribution in [2.45, 2.75) is 17.8 Å². The highest BCUT2D eigenvalue weighted by atomic mass is 32.2. The highest BCUT2D eigenvalue weighted by Gasteiger charge is 2.31. The van der Waals surface area contributed by atoms with Gasteiger partial charge in [-0.1, -0.05) is 48.2 Å². The summed E-state index contributed by atoms with van der Waals surface area (Å²) in [5.41, 5.74) is 2.08. The molecule has 1 fully saturated rings. The van der Waals surface area contributed by atoms with Crippen molar-refractivity contribution in [1.82, 2.24) is 5.32 Å².